The van der Waals surface area contributed by atoms with Gasteiger partial charge in [-0.25, -0.2) is 9.78 Å². The van der Waals surface area contributed by atoms with Crippen LogP contribution < -0.4 is 44.6 Å². The van der Waals surface area contributed by atoms with Gasteiger partial charge in [-0.2, -0.15) is 0 Å². The molecule has 0 saturated heterocycles. The molecule has 216 valence electrons. The van der Waals surface area contributed by atoms with Crippen LogP contribution in [0.5, 0.6) is 0 Å². The van der Waals surface area contributed by atoms with E-state index < -0.39 is 66.1 Å². The summed E-state index contributed by atoms with van der Waals surface area (Å²) in [6, 6.07) is -5.44. The van der Waals surface area contributed by atoms with Crippen LogP contribution in [0.15, 0.2) is 17.5 Å². The quantitative estimate of drug-likeness (QED) is 0.0466. The molecule has 1 heterocycles. The number of nitrogens with one attached hydrogen (secondary N) is 4. The van der Waals surface area contributed by atoms with Gasteiger partial charge in [0, 0.05) is 31.3 Å². The summed E-state index contributed by atoms with van der Waals surface area (Å²) in [5.74, 6) is -5.82. The summed E-state index contributed by atoms with van der Waals surface area (Å²) in [5, 5.41) is 16.5. The number of primary amides is 2. The fourth-order valence-corrected chi connectivity index (χ4v) is 3.25. The molecule has 0 spiro atoms. The van der Waals surface area contributed by atoms with Crippen molar-refractivity contribution in [2.75, 3.05) is 6.54 Å². The molecule has 0 aliphatic rings. The number of hydrogen-bond acceptors (Lipinski definition) is 9. The number of guanidine groups is 1. The summed E-state index contributed by atoms with van der Waals surface area (Å²) >= 11 is 0. The maximum Gasteiger partial charge on any atom is 0.326 e. The maximum atomic E-state index is 13.1. The fraction of sp³-hybridized carbons (Fsp3) is 0.524. The van der Waals surface area contributed by atoms with Crippen LogP contribution in [0.25, 0.3) is 0 Å². The van der Waals surface area contributed by atoms with Crippen molar-refractivity contribution in [1.29, 1.82) is 0 Å². The summed E-state index contributed by atoms with van der Waals surface area (Å²) in [6.45, 7) is 0.131. The Balaban J connectivity index is 3.03. The molecule has 0 aliphatic heterocycles. The molecule has 0 fully saturated rings. The van der Waals surface area contributed by atoms with E-state index in [2.05, 4.69) is 30.9 Å². The number of nitrogens with two attached hydrogens (primary N) is 5. The van der Waals surface area contributed by atoms with Gasteiger partial charge in [0.25, 0.3) is 0 Å². The maximum absolute atomic E-state index is 13.1. The lowest BCUT2D eigenvalue weighted by atomic mass is 10.1. The fourth-order valence-electron chi connectivity index (χ4n) is 3.25. The standard InChI is InChI=1S/C21H35N11O7/c22-11(3-4-15(23)33)17(35)31-14(7-16(24)34)19(37)32-13(6-10-8-27-9-29-10)18(36)30-12(20(38)39)2-1-5-28-21(25)26/h8-9,11-14H,1-7,22H2,(H2,23,33)(H2,24,34)(H,27,29)(H,30,36)(H,31,35)(H,32,37)(H,38,39)(H4,25,26,28). The average Bonchev–Trinajstić information content (AvgIpc) is 3.35. The number of aliphatic carboxylic acids is 1. The van der Waals surface area contributed by atoms with Gasteiger partial charge in [-0.3, -0.25) is 29.0 Å². The highest BCUT2D eigenvalue weighted by molar-refractivity contribution is 5.96. The number of aromatic nitrogens is 2. The first-order valence-electron chi connectivity index (χ1n) is 11.8. The molecule has 4 atom stereocenters. The summed E-state index contributed by atoms with van der Waals surface area (Å²) < 4.78 is 0. The molecule has 0 aliphatic carbocycles. The minimum atomic E-state index is -1.53. The number of H-pyrrole nitrogens is 1. The molecule has 5 amide bonds. The van der Waals surface area contributed by atoms with Gasteiger partial charge in [0.05, 0.1) is 18.8 Å². The average molecular weight is 554 g/mol. The van der Waals surface area contributed by atoms with E-state index in [0.717, 1.165) is 0 Å². The minimum absolute atomic E-state index is 0.0217. The van der Waals surface area contributed by atoms with Crippen molar-refractivity contribution in [3.63, 3.8) is 0 Å². The van der Waals surface area contributed by atoms with Crippen LogP contribution >= 0.6 is 0 Å². The van der Waals surface area contributed by atoms with Crippen LogP contribution in [0.1, 0.15) is 37.8 Å². The van der Waals surface area contributed by atoms with E-state index >= 15 is 0 Å². The first-order chi connectivity index (χ1) is 18.3. The zero-order valence-electron chi connectivity index (χ0n) is 21.1. The molecule has 15 N–H and O–H groups in total. The number of nitrogens with zero attached hydrogens (tertiary/aromatic N) is 2. The van der Waals surface area contributed by atoms with Gasteiger partial charge >= 0.3 is 5.97 Å². The number of imidazole rings is 1. The highest BCUT2D eigenvalue weighted by atomic mass is 16.4. The second-order valence-corrected chi connectivity index (χ2v) is 8.53. The smallest absolute Gasteiger partial charge is 0.326 e. The lowest BCUT2D eigenvalue weighted by molar-refractivity contribution is -0.142. The van der Waals surface area contributed by atoms with E-state index in [4.69, 9.17) is 28.7 Å². The van der Waals surface area contributed by atoms with Gasteiger partial charge in [-0.05, 0) is 19.3 Å². The van der Waals surface area contributed by atoms with Crippen molar-refractivity contribution in [1.82, 2.24) is 25.9 Å². The Morgan fingerprint density at radius 1 is 0.897 bits per heavy atom. The number of aromatic amines is 1. The van der Waals surface area contributed by atoms with Crippen LogP contribution in [0.3, 0.4) is 0 Å². The normalized spacial score (nSPS) is 13.7. The topological polar surface area (TPSA) is 330 Å². The SMILES string of the molecule is NC(=O)CCC(N)C(=O)NC(CC(N)=O)C(=O)NC(Cc1cnc[nH]1)C(=O)NC(CCCN=C(N)N)C(=O)O. The first kappa shape index (κ1) is 32.3. The Kier molecular flexibility index (Phi) is 13.4. The molecule has 39 heavy (non-hydrogen) atoms. The number of amides is 5. The van der Waals surface area contributed by atoms with Crippen molar-refractivity contribution in [3.05, 3.63) is 18.2 Å². The summed E-state index contributed by atoms with van der Waals surface area (Å²) in [6.07, 6.45) is 1.84. The number of carbonyl (C=O) groups is 6. The van der Waals surface area contributed by atoms with Gasteiger partial charge in [0.15, 0.2) is 5.96 Å². The largest absolute Gasteiger partial charge is 0.480 e. The van der Waals surface area contributed by atoms with Gasteiger partial charge < -0.3 is 54.7 Å². The minimum Gasteiger partial charge on any atom is -0.480 e. The predicted octanol–water partition coefficient (Wildman–Crippen LogP) is -4.99. The van der Waals surface area contributed by atoms with Crippen molar-refractivity contribution in [2.45, 2.75) is 62.7 Å². The summed E-state index contributed by atoms with van der Waals surface area (Å²) in [5.41, 5.74) is 26.9. The molecule has 0 saturated carbocycles. The zero-order chi connectivity index (χ0) is 29.5. The van der Waals surface area contributed by atoms with Crippen LogP contribution in [0, 0.1) is 0 Å². The van der Waals surface area contributed by atoms with E-state index in [0.29, 0.717) is 5.69 Å². The Bertz CT molecular complexity index is 1040. The number of aliphatic imine (C=N–C) groups is 1. The number of carbonyl (C=O) groups excluding carboxylic acids is 5. The van der Waals surface area contributed by atoms with Crippen molar-refractivity contribution < 1.29 is 33.9 Å². The van der Waals surface area contributed by atoms with Gasteiger partial charge in [0.2, 0.25) is 29.5 Å². The number of hydrogen-bond donors (Lipinski definition) is 10. The van der Waals surface area contributed by atoms with Crippen LogP contribution in [0.2, 0.25) is 0 Å². The molecule has 1 aromatic rings. The van der Waals surface area contributed by atoms with Gasteiger partial charge in [-0.15, -0.1) is 0 Å². The molecular formula is C21H35N11O7. The molecular weight excluding hydrogens is 518 g/mol. The van der Waals surface area contributed by atoms with E-state index in [1.54, 1.807) is 0 Å². The second kappa shape index (κ2) is 16.2. The third kappa shape index (κ3) is 12.9. The van der Waals surface area contributed by atoms with E-state index in [-0.39, 0.29) is 44.6 Å². The molecule has 18 nitrogen and oxygen atoms in total. The second-order valence-electron chi connectivity index (χ2n) is 8.53. The number of carboxylic acids is 1. The molecule has 0 radical (unpaired) electrons. The van der Waals surface area contributed by atoms with E-state index in [1.807, 2.05) is 0 Å². The molecule has 18 heteroatoms. The summed E-state index contributed by atoms with van der Waals surface area (Å²) in [4.78, 5) is 83.0. The predicted molar refractivity (Wildman–Crippen MR) is 136 cm³/mol. The molecule has 0 aromatic carbocycles. The number of rotatable bonds is 18. The first-order valence-corrected chi connectivity index (χ1v) is 11.8. The van der Waals surface area contributed by atoms with Crippen molar-refractivity contribution in [3.8, 4) is 0 Å². The van der Waals surface area contributed by atoms with E-state index in [1.165, 1.54) is 12.5 Å². The van der Waals surface area contributed by atoms with E-state index in [9.17, 15) is 33.9 Å². The highest BCUT2D eigenvalue weighted by Crippen LogP contribution is 2.05. The molecule has 0 bridgehead atoms. The third-order valence-corrected chi connectivity index (χ3v) is 5.25. The van der Waals surface area contributed by atoms with Gasteiger partial charge in [0.1, 0.15) is 18.1 Å². The Morgan fingerprint density at radius 3 is 2.05 bits per heavy atom. The van der Waals surface area contributed by atoms with Gasteiger partial charge in [-0.1, -0.05) is 0 Å². The Hall–Kier alpha value is -4.74. The van der Waals surface area contributed by atoms with Crippen LogP contribution in [-0.2, 0) is 35.2 Å². The highest BCUT2D eigenvalue weighted by Gasteiger charge is 2.31. The number of carboxylic acid groups (broad SMARTS) is 1. The lowest BCUT2D eigenvalue weighted by Crippen LogP contribution is -2.58. The zero-order valence-corrected chi connectivity index (χ0v) is 21.1. The third-order valence-electron chi connectivity index (χ3n) is 5.25. The molecule has 4 unspecified atom stereocenters. The molecule has 1 rings (SSSR count). The monoisotopic (exact) mass is 553 g/mol. The Morgan fingerprint density at radius 2 is 1.51 bits per heavy atom. The van der Waals surface area contributed by atoms with Crippen LogP contribution in [-0.4, -0.2) is 87.3 Å². The lowest BCUT2D eigenvalue weighted by Gasteiger charge is -2.24. The summed E-state index contributed by atoms with van der Waals surface area (Å²) in [7, 11) is 0. The Labute approximate surface area is 222 Å². The van der Waals surface area contributed by atoms with Crippen LogP contribution in [0.4, 0.5) is 0 Å². The van der Waals surface area contributed by atoms with Crippen molar-refractivity contribution >= 4 is 41.5 Å². The van der Waals surface area contributed by atoms with Crippen molar-refractivity contribution in [2.24, 2.45) is 33.7 Å². The molecule has 1 aromatic heterocycles.